The Morgan fingerprint density at radius 3 is 2.38 bits per heavy atom. The van der Waals surface area contributed by atoms with Gasteiger partial charge in [0.25, 0.3) is 5.91 Å². The van der Waals surface area contributed by atoms with Gasteiger partial charge in [0.1, 0.15) is 0 Å². The summed E-state index contributed by atoms with van der Waals surface area (Å²) in [4.78, 5) is 24.3. The minimum Gasteiger partial charge on any atom is -0.459 e. The molecule has 2 amide bonds. The molecule has 1 aromatic heterocycles. The summed E-state index contributed by atoms with van der Waals surface area (Å²) in [5.74, 6) is 0.0313. The van der Waals surface area contributed by atoms with Gasteiger partial charge in [0.2, 0.25) is 5.91 Å². The Labute approximate surface area is 142 Å². The molecule has 0 spiro atoms. The van der Waals surface area contributed by atoms with E-state index in [1.807, 2.05) is 30.3 Å². The van der Waals surface area contributed by atoms with Crippen molar-refractivity contribution in [3.05, 3.63) is 60.1 Å². The molecule has 1 heterocycles. The molecule has 2 rings (SSSR count). The number of hydrogen-bond acceptors (Lipinski definition) is 3. The fraction of sp³-hybridized carbons (Fsp3) is 0.368. The first-order valence-corrected chi connectivity index (χ1v) is 8.27. The number of rotatable bonds is 8. The van der Waals surface area contributed by atoms with Gasteiger partial charge >= 0.3 is 0 Å². The molecular formula is C19H24N2O3. The highest BCUT2D eigenvalue weighted by Crippen LogP contribution is 2.26. The van der Waals surface area contributed by atoms with E-state index in [-0.39, 0.29) is 29.4 Å². The van der Waals surface area contributed by atoms with Crippen molar-refractivity contribution < 1.29 is 14.0 Å². The van der Waals surface area contributed by atoms with Gasteiger partial charge in [-0.05, 0) is 23.6 Å². The molecule has 0 aliphatic carbocycles. The molecule has 2 aromatic rings. The summed E-state index contributed by atoms with van der Waals surface area (Å²) < 4.78 is 5.02. The molecule has 0 fully saturated rings. The highest BCUT2D eigenvalue weighted by atomic mass is 16.3. The highest BCUT2D eigenvalue weighted by molar-refractivity contribution is 5.91. The molecule has 0 bridgehead atoms. The predicted molar refractivity (Wildman–Crippen MR) is 92.7 cm³/mol. The summed E-state index contributed by atoms with van der Waals surface area (Å²) in [6.45, 7) is 4.89. The van der Waals surface area contributed by atoms with Crippen LogP contribution in [0.5, 0.6) is 0 Å². The first kappa shape index (κ1) is 17.8. The number of benzene rings is 1. The van der Waals surface area contributed by atoms with Crippen LogP contribution in [0.3, 0.4) is 0 Å². The second-order valence-corrected chi connectivity index (χ2v) is 5.80. The molecule has 0 aliphatic rings. The standard InChI is InChI=1S/C19H24N2O3/c1-3-14(2)17(15-8-5-4-6-9-15)19(23)21-12-11-20-18(22)16-10-7-13-24-16/h4-10,13-14,17H,3,11-12H2,1-2H3,(H,20,22)(H,21,23)/t14-,17+/m1/s1. The second kappa shape index (κ2) is 8.91. The molecule has 128 valence electrons. The van der Waals surface area contributed by atoms with Crippen molar-refractivity contribution in [1.29, 1.82) is 0 Å². The summed E-state index contributed by atoms with van der Waals surface area (Å²) in [7, 11) is 0. The molecular weight excluding hydrogens is 304 g/mol. The van der Waals surface area contributed by atoms with Gasteiger partial charge in [-0.25, -0.2) is 0 Å². The van der Waals surface area contributed by atoms with Gasteiger partial charge in [-0.2, -0.15) is 0 Å². The Balaban J connectivity index is 1.86. The lowest BCUT2D eigenvalue weighted by molar-refractivity contribution is -0.123. The van der Waals surface area contributed by atoms with Crippen LogP contribution in [0.25, 0.3) is 0 Å². The van der Waals surface area contributed by atoms with Crippen LogP contribution in [0.15, 0.2) is 53.1 Å². The number of carbonyl (C=O) groups excluding carboxylic acids is 2. The summed E-state index contributed by atoms with van der Waals surface area (Å²) in [6, 6.07) is 13.1. The Kier molecular flexibility index (Phi) is 6.61. The third-order valence-corrected chi connectivity index (χ3v) is 4.11. The van der Waals surface area contributed by atoms with Crippen LogP contribution in [0.4, 0.5) is 0 Å². The lowest BCUT2D eigenvalue weighted by Gasteiger charge is -2.22. The van der Waals surface area contributed by atoms with E-state index < -0.39 is 0 Å². The lowest BCUT2D eigenvalue weighted by atomic mass is 9.85. The van der Waals surface area contributed by atoms with Crippen LogP contribution in [0.1, 0.15) is 42.3 Å². The van der Waals surface area contributed by atoms with Gasteiger partial charge in [-0.15, -0.1) is 0 Å². The molecule has 0 aliphatic heterocycles. The first-order valence-electron chi connectivity index (χ1n) is 8.27. The fourth-order valence-corrected chi connectivity index (χ4v) is 2.60. The van der Waals surface area contributed by atoms with Crippen LogP contribution in [-0.4, -0.2) is 24.9 Å². The van der Waals surface area contributed by atoms with Gasteiger partial charge < -0.3 is 15.1 Å². The second-order valence-electron chi connectivity index (χ2n) is 5.80. The van der Waals surface area contributed by atoms with Crippen molar-refractivity contribution in [1.82, 2.24) is 10.6 Å². The minimum absolute atomic E-state index is 0.0113. The summed E-state index contributed by atoms with van der Waals surface area (Å²) in [5.41, 5.74) is 1.02. The van der Waals surface area contributed by atoms with Gasteiger partial charge in [-0.1, -0.05) is 50.6 Å². The van der Waals surface area contributed by atoms with E-state index in [4.69, 9.17) is 4.42 Å². The molecule has 0 unspecified atom stereocenters. The van der Waals surface area contributed by atoms with Crippen molar-refractivity contribution in [2.75, 3.05) is 13.1 Å². The van der Waals surface area contributed by atoms with Crippen LogP contribution < -0.4 is 10.6 Å². The lowest BCUT2D eigenvalue weighted by Crippen LogP contribution is -2.38. The molecule has 5 heteroatoms. The Morgan fingerprint density at radius 2 is 1.75 bits per heavy atom. The predicted octanol–water partition coefficient (Wildman–Crippen LogP) is 2.96. The number of amides is 2. The number of hydrogen-bond donors (Lipinski definition) is 2. The topological polar surface area (TPSA) is 71.3 Å². The van der Waals surface area contributed by atoms with Crippen molar-refractivity contribution in [2.45, 2.75) is 26.2 Å². The Hall–Kier alpha value is -2.56. The third-order valence-electron chi connectivity index (χ3n) is 4.11. The van der Waals surface area contributed by atoms with Crippen LogP contribution in [0, 0.1) is 5.92 Å². The van der Waals surface area contributed by atoms with Crippen molar-refractivity contribution in [2.24, 2.45) is 5.92 Å². The molecule has 0 saturated heterocycles. The maximum Gasteiger partial charge on any atom is 0.287 e. The van der Waals surface area contributed by atoms with Crippen LogP contribution in [-0.2, 0) is 4.79 Å². The molecule has 0 saturated carbocycles. The zero-order chi connectivity index (χ0) is 17.4. The van der Waals surface area contributed by atoms with E-state index in [9.17, 15) is 9.59 Å². The smallest absolute Gasteiger partial charge is 0.287 e. The van der Waals surface area contributed by atoms with E-state index in [1.54, 1.807) is 12.1 Å². The first-order chi connectivity index (χ1) is 11.6. The maximum atomic E-state index is 12.6. The molecule has 1 aromatic carbocycles. The number of carbonyl (C=O) groups is 2. The largest absolute Gasteiger partial charge is 0.459 e. The zero-order valence-corrected chi connectivity index (χ0v) is 14.1. The SMILES string of the molecule is CC[C@@H](C)[C@H](C(=O)NCCNC(=O)c1ccco1)c1ccccc1. The Bertz CT molecular complexity index is 638. The molecule has 24 heavy (non-hydrogen) atoms. The average molecular weight is 328 g/mol. The van der Waals surface area contributed by atoms with Crippen molar-refractivity contribution in [3.63, 3.8) is 0 Å². The Morgan fingerprint density at radius 1 is 1.04 bits per heavy atom. The van der Waals surface area contributed by atoms with E-state index in [1.165, 1.54) is 6.26 Å². The van der Waals surface area contributed by atoms with Gasteiger partial charge in [0, 0.05) is 13.1 Å². The van der Waals surface area contributed by atoms with E-state index in [2.05, 4.69) is 24.5 Å². The fourth-order valence-electron chi connectivity index (χ4n) is 2.60. The van der Waals surface area contributed by atoms with Crippen molar-refractivity contribution >= 4 is 11.8 Å². The van der Waals surface area contributed by atoms with Crippen LogP contribution in [0.2, 0.25) is 0 Å². The summed E-state index contributed by atoms with van der Waals surface area (Å²) >= 11 is 0. The summed E-state index contributed by atoms with van der Waals surface area (Å²) in [5, 5.41) is 5.63. The van der Waals surface area contributed by atoms with E-state index in [0.29, 0.717) is 13.1 Å². The van der Waals surface area contributed by atoms with Gasteiger partial charge in [0.15, 0.2) is 5.76 Å². The maximum absolute atomic E-state index is 12.6. The van der Waals surface area contributed by atoms with E-state index >= 15 is 0 Å². The van der Waals surface area contributed by atoms with Gasteiger partial charge in [0.05, 0.1) is 12.2 Å². The molecule has 2 atom stereocenters. The van der Waals surface area contributed by atoms with Crippen molar-refractivity contribution in [3.8, 4) is 0 Å². The monoisotopic (exact) mass is 328 g/mol. The summed E-state index contributed by atoms with van der Waals surface area (Å²) in [6.07, 6.45) is 2.37. The van der Waals surface area contributed by atoms with Gasteiger partial charge in [-0.3, -0.25) is 9.59 Å². The highest BCUT2D eigenvalue weighted by Gasteiger charge is 2.25. The molecule has 2 N–H and O–H groups in total. The molecule has 0 radical (unpaired) electrons. The van der Waals surface area contributed by atoms with Crippen LogP contribution >= 0.6 is 0 Å². The third kappa shape index (κ3) is 4.72. The average Bonchev–Trinajstić information content (AvgIpc) is 3.14. The zero-order valence-electron chi connectivity index (χ0n) is 14.1. The quantitative estimate of drug-likeness (QED) is 0.732. The molecule has 5 nitrogen and oxygen atoms in total. The normalized spacial score (nSPS) is 13.1. The number of furan rings is 1. The number of nitrogens with one attached hydrogen (secondary N) is 2. The van der Waals surface area contributed by atoms with E-state index in [0.717, 1.165) is 12.0 Å². The minimum atomic E-state index is -0.282.